The highest BCUT2D eigenvalue weighted by Crippen LogP contribution is 2.27. The van der Waals surface area contributed by atoms with Crippen LogP contribution in [-0.4, -0.2) is 10.9 Å². The summed E-state index contributed by atoms with van der Waals surface area (Å²) >= 11 is 0. The minimum atomic E-state index is -0.751. The average Bonchev–Trinajstić information content (AvgIpc) is 2.49. The van der Waals surface area contributed by atoms with Gasteiger partial charge in [-0.05, 0) is 12.0 Å². The van der Waals surface area contributed by atoms with Crippen molar-refractivity contribution >= 4 is 5.78 Å². The molecule has 0 aromatic heterocycles. The lowest BCUT2D eigenvalue weighted by molar-refractivity contribution is 0.0667. The summed E-state index contributed by atoms with van der Waals surface area (Å²) in [4.78, 5) is 12.4. The molecule has 0 aliphatic rings. The largest absolute Gasteiger partial charge is 0.388 e. The summed E-state index contributed by atoms with van der Waals surface area (Å²) in [6.07, 6.45) is -0.136. The molecule has 2 heteroatoms. The van der Waals surface area contributed by atoms with Crippen molar-refractivity contribution in [2.24, 2.45) is 5.92 Å². The summed E-state index contributed by atoms with van der Waals surface area (Å²) < 4.78 is 0. The van der Waals surface area contributed by atoms with Crippen LogP contribution < -0.4 is 0 Å². The summed E-state index contributed by atoms with van der Waals surface area (Å²) in [5.74, 6) is -0.399. The first-order valence-corrected chi connectivity index (χ1v) is 6.56. The van der Waals surface area contributed by atoms with Gasteiger partial charge in [0.05, 0.1) is 12.0 Å². The molecule has 0 aliphatic carbocycles. The number of benzene rings is 2. The van der Waals surface area contributed by atoms with Gasteiger partial charge in [0.15, 0.2) is 5.78 Å². The van der Waals surface area contributed by atoms with Gasteiger partial charge >= 0.3 is 0 Å². The number of carbonyl (C=O) groups excluding carboxylic acids is 1. The SMILES string of the molecule is CC[C@H](C(=O)c1ccccc1)[C@H](O)c1ccccc1. The molecular weight excluding hydrogens is 236 g/mol. The van der Waals surface area contributed by atoms with Crippen LogP contribution in [0, 0.1) is 5.92 Å². The van der Waals surface area contributed by atoms with Gasteiger partial charge in [0, 0.05) is 5.56 Å². The smallest absolute Gasteiger partial charge is 0.168 e. The Balaban J connectivity index is 2.23. The second kappa shape index (κ2) is 6.30. The minimum absolute atomic E-state index is 0.000506. The van der Waals surface area contributed by atoms with Crippen molar-refractivity contribution in [1.29, 1.82) is 0 Å². The van der Waals surface area contributed by atoms with E-state index in [0.29, 0.717) is 12.0 Å². The third-order valence-electron chi connectivity index (χ3n) is 3.36. The molecule has 0 heterocycles. The maximum atomic E-state index is 12.4. The lowest BCUT2D eigenvalue weighted by Gasteiger charge is -2.20. The maximum absolute atomic E-state index is 12.4. The van der Waals surface area contributed by atoms with E-state index in [0.717, 1.165) is 5.56 Å². The molecule has 2 nitrogen and oxygen atoms in total. The number of hydrogen-bond acceptors (Lipinski definition) is 2. The number of carbonyl (C=O) groups is 1. The first-order chi connectivity index (χ1) is 9.24. The van der Waals surface area contributed by atoms with E-state index in [-0.39, 0.29) is 5.78 Å². The van der Waals surface area contributed by atoms with Crippen molar-refractivity contribution in [3.8, 4) is 0 Å². The van der Waals surface area contributed by atoms with E-state index in [9.17, 15) is 9.90 Å². The summed E-state index contributed by atoms with van der Waals surface area (Å²) in [7, 11) is 0. The molecule has 0 aliphatic heterocycles. The molecule has 0 fully saturated rings. The van der Waals surface area contributed by atoms with E-state index in [2.05, 4.69) is 0 Å². The van der Waals surface area contributed by atoms with Crippen molar-refractivity contribution in [2.75, 3.05) is 0 Å². The van der Waals surface area contributed by atoms with Crippen LogP contribution in [0.25, 0.3) is 0 Å². The van der Waals surface area contributed by atoms with Crippen molar-refractivity contribution in [3.63, 3.8) is 0 Å². The van der Waals surface area contributed by atoms with Crippen molar-refractivity contribution in [3.05, 3.63) is 71.8 Å². The lowest BCUT2D eigenvalue weighted by Crippen LogP contribution is -2.22. The van der Waals surface area contributed by atoms with Gasteiger partial charge < -0.3 is 5.11 Å². The van der Waals surface area contributed by atoms with Gasteiger partial charge in [0.1, 0.15) is 0 Å². The number of rotatable bonds is 5. The summed E-state index contributed by atoms with van der Waals surface area (Å²) in [5.41, 5.74) is 1.45. The molecule has 0 spiro atoms. The molecular formula is C17H18O2. The molecule has 0 amide bonds. The third-order valence-corrected chi connectivity index (χ3v) is 3.36. The standard InChI is InChI=1S/C17H18O2/c1-2-15(16(18)13-9-5-3-6-10-13)17(19)14-11-7-4-8-12-14/h3-12,15-16,18H,2H2,1H3/t15-,16+/m0/s1. The number of ketones is 1. The monoisotopic (exact) mass is 254 g/mol. The first-order valence-electron chi connectivity index (χ1n) is 6.56. The van der Waals surface area contributed by atoms with Crippen LogP contribution in [0.1, 0.15) is 35.4 Å². The molecule has 0 unspecified atom stereocenters. The third kappa shape index (κ3) is 3.09. The molecule has 0 radical (unpaired) electrons. The molecule has 0 bridgehead atoms. The summed E-state index contributed by atoms with van der Waals surface area (Å²) in [6.45, 7) is 1.93. The maximum Gasteiger partial charge on any atom is 0.168 e. The average molecular weight is 254 g/mol. The number of Topliss-reactive ketones (excluding diaryl/α,β-unsaturated/α-hetero) is 1. The molecule has 2 aromatic carbocycles. The fourth-order valence-corrected chi connectivity index (χ4v) is 2.25. The van der Waals surface area contributed by atoms with E-state index >= 15 is 0 Å². The van der Waals surface area contributed by atoms with Gasteiger partial charge in [-0.3, -0.25) is 4.79 Å². The minimum Gasteiger partial charge on any atom is -0.388 e. The Labute approximate surface area is 113 Å². The molecule has 2 aromatic rings. The Morgan fingerprint density at radius 2 is 1.53 bits per heavy atom. The topological polar surface area (TPSA) is 37.3 Å². The van der Waals surface area contributed by atoms with Gasteiger partial charge in [0.2, 0.25) is 0 Å². The quantitative estimate of drug-likeness (QED) is 0.827. The predicted octanol–water partition coefficient (Wildman–Crippen LogP) is 3.63. The van der Waals surface area contributed by atoms with Crippen molar-refractivity contribution in [1.82, 2.24) is 0 Å². The highest BCUT2D eigenvalue weighted by Gasteiger charge is 2.26. The van der Waals surface area contributed by atoms with E-state index in [1.165, 1.54) is 0 Å². The van der Waals surface area contributed by atoms with E-state index in [4.69, 9.17) is 0 Å². The molecule has 0 saturated carbocycles. The second-order valence-electron chi connectivity index (χ2n) is 4.60. The number of aliphatic hydroxyl groups is 1. The van der Waals surface area contributed by atoms with E-state index in [1.807, 2.05) is 55.5 Å². The Hall–Kier alpha value is -1.93. The Morgan fingerprint density at radius 1 is 1.00 bits per heavy atom. The van der Waals surface area contributed by atoms with Crippen LogP contribution in [-0.2, 0) is 0 Å². The molecule has 19 heavy (non-hydrogen) atoms. The van der Waals surface area contributed by atoms with E-state index in [1.54, 1.807) is 12.1 Å². The first kappa shape index (κ1) is 13.5. The molecule has 2 rings (SSSR count). The zero-order valence-corrected chi connectivity index (χ0v) is 11.0. The lowest BCUT2D eigenvalue weighted by atomic mass is 9.87. The Bertz CT molecular complexity index is 519. The van der Waals surface area contributed by atoms with Gasteiger partial charge in [0.25, 0.3) is 0 Å². The molecule has 0 saturated heterocycles. The number of hydrogen-bond donors (Lipinski definition) is 1. The Kier molecular flexibility index (Phi) is 4.48. The highest BCUT2D eigenvalue weighted by molar-refractivity contribution is 5.98. The van der Waals surface area contributed by atoms with E-state index < -0.39 is 12.0 Å². The zero-order chi connectivity index (χ0) is 13.7. The second-order valence-corrected chi connectivity index (χ2v) is 4.60. The van der Waals surface area contributed by atoms with Crippen LogP contribution in [0.5, 0.6) is 0 Å². The van der Waals surface area contributed by atoms with Gasteiger partial charge in [-0.15, -0.1) is 0 Å². The van der Waals surface area contributed by atoms with Crippen LogP contribution >= 0.6 is 0 Å². The fraction of sp³-hybridized carbons (Fsp3) is 0.235. The predicted molar refractivity (Wildman–Crippen MR) is 76.0 cm³/mol. The van der Waals surface area contributed by atoms with Crippen LogP contribution in [0.3, 0.4) is 0 Å². The van der Waals surface area contributed by atoms with Gasteiger partial charge in [-0.2, -0.15) is 0 Å². The van der Waals surface area contributed by atoms with Gasteiger partial charge in [-0.1, -0.05) is 67.6 Å². The Morgan fingerprint density at radius 3 is 2.05 bits per heavy atom. The van der Waals surface area contributed by atoms with Crippen molar-refractivity contribution < 1.29 is 9.90 Å². The normalized spacial score (nSPS) is 13.8. The van der Waals surface area contributed by atoms with Gasteiger partial charge in [-0.25, -0.2) is 0 Å². The molecule has 2 atom stereocenters. The fourth-order valence-electron chi connectivity index (χ4n) is 2.25. The number of aliphatic hydroxyl groups excluding tert-OH is 1. The molecule has 1 N–H and O–H groups in total. The van der Waals surface area contributed by atoms with Crippen LogP contribution in [0.2, 0.25) is 0 Å². The summed E-state index contributed by atoms with van der Waals surface area (Å²) in [5, 5.41) is 10.4. The summed E-state index contributed by atoms with van der Waals surface area (Å²) in [6, 6.07) is 18.5. The van der Waals surface area contributed by atoms with Crippen LogP contribution in [0.4, 0.5) is 0 Å². The van der Waals surface area contributed by atoms with Crippen LogP contribution in [0.15, 0.2) is 60.7 Å². The molecule has 98 valence electrons. The zero-order valence-electron chi connectivity index (χ0n) is 11.0. The van der Waals surface area contributed by atoms with Crippen molar-refractivity contribution in [2.45, 2.75) is 19.4 Å². The highest BCUT2D eigenvalue weighted by atomic mass is 16.3.